The van der Waals surface area contributed by atoms with E-state index in [9.17, 15) is 55.1 Å². The van der Waals surface area contributed by atoms with E-state index in [0.717, 1.165) is 5.12 Å². The van der Waals surface area contributed by atoms with Gasteiger partial charge in [0, 0.05) is 79.5 Å². The fraction of sp³-hybridized carbons (Fsp3) is 0.200. The fourth-order valence-corrected chi connectivity index (χ4v) is 3.91. The summed E-state index contributed by atoms with van der Waals surface area (Å²) >= 11 is 0. The molecule has 71 heavy (non-hydrogen) atoms. The van der Waals surface area contributed by atoms with Crippen LogP contribution in [0.25, 0.3) is 0 Å². The summed E-state index contributed by atoms with van der Waals surface area (Å²) in [5.74, 6) is 4.34. The zero-order chi connectivity index (χ0) is 54.7. The summed E-state index contributed by atoms with van der Waals surface area (Å²) < 4.78 is 63.5. The Hall–Kier alpha value is -9.26. The molecule has 6 aromatic heterocycles. The van der Waals surface area contributed by atoms with Gasteiger partial charge in [0.25, 0.3) is 35.4 Å². The molecule has 0 radical (unpaired) electrons. The maximum Gasteiger partial charge on any atom is 0.490 e. The van der Waals surface area contributed by atoms with E-state index in [2.05, 4.69) is 61.8 Å². The van der Waals surface area contributed by atoms with E-state index in [4.69, 9.17) is 31.5 Å². The van der Waals surface area contributed by atoms with Gasteiger partial charge in [-0.25, -0.2) is 26.4 Å². The van der Waals surface area contributed by atoms with Crippen LogP contribution in [0.1, 0.15) is 62.9 Å². The largest absolute Gasteiger partial charge is 0.490 e. The van der Waals surface area contributed by atoms with Crippen molar-refractivity contribution in [1.82, 2.24) is 61.8 Å². The molecule has 390 valence electrons. The molecule has 18 N–H and O–H groups in total. The number of carboxylic acid groups (broad SMARTS) is 2. The van der Waals surface area contributed by atoms with Crippen molar-refractivity contribution in [3.63, 3.8) is 0 Å². The van der Waals surface area contributed by atoms with E-state index in [-0.39, 0.29) is 35.4 Å². The lowest BCUT2D eigenvalue weighted by atomic mass is 10.3. The lowest BCUT2D eigenvalue weighted by Crippen LogP contribution is -2.39. The Morgan fingerprint density at radius 2 is 0.620 bits per heavy atom. The number of hydrazine groups is 2. The first kappa shape index (κ1) is 63.8. The number of hydrogen-bond acceptors (Lipinski definition) is 11. The average molecular weight is 1020 g/mol. The van der Waals surface area contributed by atoms with Gasteiger partial charge in [0.2, 0.25) is 0 Å². The molecule has 0 aliphatic rings. The monoisotopic (exact) mass is 1020 g/mol. The van der Waals surface area contributed by atoms with Crippen LogP contribution in [0, 0.1) is 0 Å². The maximum absolute atomic E-state index is 11.1. The second-order valence-corrected chi connectivity index (χ2v) is 12.1. The van der Waals surface area contributed by atoms with Gasteiger partial charge >= 0.3 is 24.3 Å². The van der Waals surface area contributed by atoms with Crippen LogP contribution < -0.4 is 48.7 Å². The van der Waals surface area contributed by atoms with Gasteiger partial charge in [0.1, 0.15) is 39.9 Å². The van der Waals surface area contributed by atoms with Crippen molar-refractivity contribution in [2.75, 3.05) is 47.4 Å². The van der Waals surface area contributed by atoms with Gasteiger partial charge in [0.15, 0.2) is 0 Å². The number of nitrogens with zero attached hydrogens (tertiary/aromatic N) is 1. The summed E-state index contributed by atoms with van der Waals surface area (Å²) in [5, 5.41) is 30.1. The third kappa shape index (κ3) is 27.2. The van der Waals surface area contributed by atoms with Gasteiger partial charge in [-0.3, -0.25) is 28.8 Å². The molecule has 0 fully saturated rings. The highest BCUT2D eigenvalue weighted by molar-refractivity contribution is 5.98. The Balaban J connectivity index is 0. The smallest absolute Gasteiger partial charge is 0.475 e. The van der Waals surface area contributed by atoms with Crippen LogP contribution in [0.15, 0.2) is 104 Å². The van der Waals surface area contributed by atoms with Crippen molar-refractivity contribution in [3.05, 3.63) is 138 Å². The predicted molar refractivity (Wildman–Crippen MR) is 243 cm³/mol. The number of carbonyl (C=O) groups is 8. The van der Waals surface area contributed by atoms with E-state index in [0.29, 0.717) is 39.9 Å². The summed E-state index contributed by atoms with van der Waals surface area (Å²) in [6.45, 7) is 0. The van der Waals surface area contributed by atoms with Gasteiger partial charge in [-0.15, -0.1) is 0 Å². The molecule has 0 aromatic carbocycles. The molecule has 0 spiro atoms. The van der Waals surface area contributed by atoms with Crippen LogP contribution in [0.3, 0.4) is 0 Å². The average Bonchev–Trinajstić information content (AvgIpc) is 4.21. The Labute approximate surface area is 398 Å². The molecular formula is C40H53F6N15O10. The number of amides is 6. The zero-order valence-corrected chi connectivity index (χ0v) is 38.3. The standard InChI is InChI=1S/C6H11N5O.5C6H8N2O.2C2HF3O2/c1-9-6(12)5-4(11(7)8)2-3-10-5;5*1-7-6(9)5-3-2-4-8-5;2*3-2(4,5)1(6)7/h2-3,10H,7-8H2,1H3,(H,9,12);5*2-4,8H,1H3,(H,7,9);2*(H,6,7). The highest BCUT2D eigenvalue weighted by Crippen LogP contribution is 2.14. The van der Waals surface area contributed by atoms with Crippen molar-refractivity contribution in [2.45, 2.75) is 12.4 Å². The van der Waals surface area contributed by atoms with Crippen LogP contribution in [0.4, 0.5) is 32.0 Å². The molecule has 0 atom stereocenters. The first-order valence-corrected chi connectivity index (χ1v) is 19.3. The molecule has 6 heterocycles. The van der Waals surface area contributed by atoms with E-state index < -0.39 is 24.3 Å². The molecule has 0 saturated heterocycles. The Kier molecular flexibility index (Phi) is 30.6. The molecule has 31 heteroatoms. The second-order valence-electron chi connectivity index (χ2n) is 12.1. The molecule has 25 nitrogen and oxygen atoms in total. The summed E-state index contributed by atoms with van der Waals surface area (Å²) in [6.07, 6.45) is -0.0124. The first-order valence-electron chi connectivity index (χ1n) is 19.3. The molecule has 0 aliphatic carbocycles. The molecule has 0 bridgehead atoms. The molecule has 0 aliphatic heterocycles. The number of hydrogen-bond donors (Lipinski definition) is 16. The molecule has 6 aromatic rings. The number of nitrogens with two attached hydrogens (primary N) is 2. The molecular weight excluding hydrogens is 965 g/mol. The number of alkyl halides is 6. The first-order chi connectivity index (χ1) is 33.3. The van der Waals surface area contributed by atoms with Crippen LogP contribution in [-0.2, 0) is 9.59 Å². The van der Waals surface area contributed by atoms with Gasteiger partial charge in [-0.1, -0.05) is 0 Å². The molecule has 0 saturated carbocycles. The Morgan fingerprint density at radius 1 is 0.408 bits per heavy atom. The van der Waals surface area contributed by atoms with Crippen molar-refractivity contribution in [1.29, 1.82) is 0 Å². The van der Waals surface area contributed by atoms with E-state index in [1.807, 2.05) is 0 Å². The lowest BCUT2D eigenvalue weighted by Gasteiger charge is -2.10. The van der Waals surface area contributed by atoms with Crippen molar-refractivity contribution in [3.8, 4) is 0 Å². The number of aromatic amines is 6. The number of aliphatic carboxylic acids is 2. The predicted octanol–water partition coefficient (Wildman–Crippen LogP) is 2.07. The number of rotatable bonds is 7. The van der Waals surface area contributed by atoms with Gasteiger partial charge in [0.05, 0.1) is 0 Å². The number of H-pyrrole nitrogens is 6. The summed E-state index contributed by atoms with van der Waals surface area (Å²) in [7, 11) is 9.53. The topological polar surface area (TPSA) is 399 Å². The minimum absolute atomic E-state index is 0.0833. The van der Waals surface area contributed by atoms with Crippen LogP contribution in [0.5, 0.6) is 0 Å². The minimum atomic E-state index is -5.08. The Morgan fingerprint density at radius 3 is 0.761 bits per heavy atom. The van der Waals surface area contributed by atoms with Crippen LogP contribution in [0.2, 0.25) is 0 Å². The third-order valence-electron chi connectivity index (χ3n) is 7.29. The highest BCUT2D eigenvalue weighted by Gasteiger charge is 2.38. The summed E-state index contributed by atoms with van der Waals surface area (Å²) in [5.41, 5.74) is 3.78. The maximum atomic E-state index is 11.1. The van der Waals surface area contributed by atoms with Crippen molar-refractivity contribution >= 4 is 53.1 Å². The number of aromatic nitrogens is 6. The number of halogens is 6. The summed E-state index contributed by atoms with van der Waals surface area (Å²) in [6, 6.07) is 19.1. The van der Waals surface area contributed by atoms with Crippen LogP contribution >= 0.6 is 0 Å². The van der Waals surface area contributed by atoms with E-state index in [1.54, 1.807) is 139 Å². The number of anilines is 1. The number of carbonyl (C=O) groups excluding carboxylic acids is 6. The Bertz CT molecular complexity index is 2130. The fourth-order valence-electron chi connectivity index (χ4n) is 3.91. The van der Waals surface area contributed by atoms with Gasteiger partial charge in [-0.2, -0.15) is 26.3 Å². The SMILES string of the molecule is CNC(=O)c1[nH]ccc1N(N)N.CNC(=O)c1ccc[nH]1.CNC(=O)c1ccc[nH]1.CNC(=O)c1ccc[nH]1.CNC(=O)c1ccc[nH]1.CNC(=O)c1ccc[nH]1.O=C(O)C(F)(F)F.O=C(O)C(F)(F)F. The van der Waals surface area contributed by atoms with Crippen molar-refractivity contribution in [2.24, 2.45) is 11.7 Å². The number of carboxylic acids is 2. The number of nitrogens with one attached hydrogen (secondary N) is 12. The van der Waals surface area contributed by atoms with Gasteiger partial charge < -0.3 is 72.0 Å². The minimum Gasteiger partial charge on any atom is -0.475 e. The molecule has 0 unspecified atom stereocenters. The quantitative estimate of drug-likeness (QED) is 0.0620. The zero-order valence-electron chi connectivity index (χ0n) is 38.3. The third-order valence-corrected chi connectivity index (χ3v) is 7.29. The lowest BCUT2D eigenvalue weighted by molar-refractivity contribution is -0.193. The summed E-state index contributed by atoms with van der Waals surface area (Å²) in [4.78, 5) is 99.2. The van der Waals surface area contributed by atoms with Crippen LogP contribution in [-0.4, -0.2) is 142 Å². The normalized spacial score (nSPS) is 9.55. The van der Waals surface area contributed by atoms with Gasteiger partial charge in [-0.05, 0) is 66.7 Å². The molecule has 6 rings (SSSR count). The van der Waals surface area contributed by atoms with E-state index in [1.165, 1.54) is 7.05 Å². The second kappa shape index (κ2) is 34.1. The van der Waals surface area contributed by atoms with Crippen molar-refractivity contribution < 1.29 is 74.9 Å². The molecule has 6 amide bonds. The highest BCUT2D eigenvalue weighted by atomic mass is 19.4. The van der Waals surface area contributed by atoms with E-state index >= 15 is 0 Å².